The lowest BCUT2D eigenvalue weighted by atomic mass is 10.1. The molecule has 0 spiro atoms. The predicted molar refractivity (Wildman–Crippen MR) is 63.0 cm³/mol. The van der Waals surface area contributed by atoms with Gasteiger partial charge in [0.15, 0.2) is 0 Å². The lowest BCUT2D eigenvalue weighted by Crippen LogP contribution is -1.96. The second-order valence-corrected chi connectivity index (χ2v) is 3.21. The molecule has 0 aliphatic carbocycles. The summed E-state index contributed by atoms with van der Waals surface area (Å²) in [5, 5.41) is 9.09. The minimum Gasteiger partial charge on any atom is -0.495 e. The van der Waals surface area contributed by atoms with Gasteiger partial charge < -0.3 is 19.4 Å². The number of carbonyl (C=O) groups is 1. The maximum absolute atomic E-state index is 10.2. The summed E-state index contributed by atoms with van der Waals surface area (Å²) in [5.41, 5.74) is 1.26. The van der Waals surface area contributed by atoms with Crippen molar-refractivity contribution >= 4 is 6.29 Å². The first-order valence-corrected chi connectivity index (χ1v) is 5.05. The van der Waals surface area contributed by atoms with Gasteiger partial charge in [0.1, 0.15) is 23.3 Å². The molecule has 0 saturated heterocycles. The molecule has 17 heavy (non-hydrogen) atoms. The largest absolute Gasteiger partial charge is 0.495 e. The Morgan fingerprint density at radius 1 is 1.29 bits per heavy atom. The van der Waals surface area contributed by atoms with E-state index in [2.05, 4.69) is 11.8 Å². The van der Waals surface area contributed by atoms with E-state index < -0.39 is 0 Å². The van der Waals surface area contributed by atoms with Gasteiger partial charge in [0.2, 0.25) is 0 Å². The Labute approximate surface area is 100 Å². The normalized spacial score (nSPS) is 9.12. The molecular formula is C13H14O4. The zero-order valence-corrected chi connectivity index (χ0v) is 9.82. The molecule has 0 radical (unpaired) electrons. The zero-order valence-electron chi connectivity index (χ0n) is 9.82. The molecule has 0 fully saturated rings. The van der Waals surface area contributed by atoms with Crippen molar-refractivity contribution in [3.05, 3.63) is 23.3 Å². The first kappa shape index (κ1) is 13.1. The number of ether oxygens (including phenoxy) is 2. The third kappa shape index (κ3) is 3.23. The van der Waals surface area contributed by atoms with Crippen LogP contribution in [-0.4, -0.2) is 25.6 Å². The van der Waals surface area contributed by atoms with Crippen molar-refractivity contribution in [1.82, 2.24) is 0 Å². The van der Waals surface area contributed by atoms with Gasteiger partial charge in [-0.15, -0.1) is 0 Å². The average Bonchev–Trinajstić information content (AvgIpc) is 2.38. The van der Waals surface area contributed by atoms with E-state index in [1.54, 1.807) is 12.1 Å². The number of aliphatic hydroxyl groups is 1. The third-order valence-corrected chi connectivity index (χ3v) is 2.15. The quantitative estimate of drug-likeness (QED) is 0.627. The second-order valence-electron chi connectivity index (χ2n) is 3.21. The fraction of sp³-hybridized carbons (Fsp3) is 0.308. The van der Waals surface area contributed by atoms with Crippen LogP contribution < -0.4 is 9.47 Å². The zero-order chi connectivity index (χ0) is 12.7. The number of benzene rings is 1. The topological polar surface area (TPSA) is 55.8 Å². The molecule has 1 aromatic carbocycles. The van der Waals surface area contributed by atoms with Crippen molar-refractivity contribution in [2.45, 2.75) is 13.0 Å². The Morgan fingerprint density at radius 3 is 2.29 bits per heavy atom. The monoisotopic (exact) mass is 234 g/mol. The molecule has 1 aromatic rings. The molecule has 0 aliphatic rings. The molecule has 1 N–H and O–H groups in total. The summed E-state index contributed by atoms with van der Waals surface area (Å²) < 4.78 is 10.4. The third-order valence-electron chi connectivity index (χ3n) is 2.15. The maximum atomic E-state index is 10.2. The van der Waals surface area contributed by atoms with Crippen LogP contribution in [0.2, 0.25) is 0 Å². The molecule has 0 aliphatic heterocycles. The number of aldehydes is 1. The van der Waals surface area contributed by atoms with Gasteiger partial charge in [0.25, 0.3) is 0 Å². The maximum Gasteiger partial charge on any atom is 0.138 e. The van der Waals surface area contributed by atoms with Crippen LogP contribution >= 0.6 is 0 Å². The first-order chi connectivity index (χ1) is 8.26. The molecular weight excluding hydrogens is 220 g/mol. The van der Waals surface area contributed by atoms with E-state index in [9.17, 15) is 4.79 Å². The smallest absolute Gasteiger partial charge is 0.138 e. The number of hydrogen-bond acceptors (Lipinski definition) is 4. The highest BCUT2D eigenvalue weighted by molar-refractivity contribution is 5.60. The fourth-order valence-electron chi connectivity index (χ4n) is 1.36. The van der Waals surface area contributed by atoms with Crippen molar-refractivity contribution in [2.75, 3.05) is 14.2 Å². The Hall–Kier alpha value is -1.99. The van der Waals surface area contributed by atoms with Crippen molar-refractivity contribution in [2.24, 2.45) is 0 Å². The van der Waals surface area contributed by atoms with Crippen molar-refractivity contribution in [3.8, 4) is 23.3 Å². The van der Waals surface area contributed by atoms with E-state index in [-0.39, 0.29) is 13.0 Å². The summed E-state index contributed by atoms with van der Waals surface area (Å²) in [6, 6.07) is 3.38. The predicted octanol–water partition coefficient (Wildman–Crippen LogP) is 1.14. The van der Waals surface area contributed by atoms with E-state index >= 15 is 0 Å². The molecule has 0 amide bonds. The highest BCUT2D eigenvalue weighted by atomic mass is 16.5. The standard InChI is InChI=1S/C13H14O4/c1-16-12-7-10(9-15)8-13(17-2)11(12)5-3-4-6-14/h6-8,15H,4,9H2,1-2H3. The Balaban J connectivity index is 3.25. The first-order valence-electron chi connectivity index (χ1n) is 5.05. The SMILES string of the molecule is COc1cc(CO)cc(OC)c1C#CCC=O. The summed E-state index contributed by atoms with van der Waals surface area (Å²) >= 11 is 0. The average molecular weight is 234 g/mol. The van der Waals surface area contributed by atoms with Crippen LogP contribution in [-0.2, 0) is 11.4 Å². The lowest BCUT2D eigenvalue weighted by Gasteiger charge is -2.10. The summed E-state index contributed by atoms with van der Waals surface area (Å²) in [6.07, 6.45) is 0.891. The van der Waals surface area contributed by atoms with E-state index in [1.807, 2.05) is 0 Å². The van der Waals surface area contributed by atoms with Gasteiger partial charge in [0.05, 0.1) is 27.2 Å². The van der Waals surface area contributed by atoms with Gasteiger partial charge in [-0.3, -0.25) is 0 Å². The fourth-order valence-corrected chi connectivity index (χ4v) is 1.36. The minimum atomic E-state index is -0.102. The number of carbonyl (C=O) groups excluding carboxylic acids is 1. The Bertz CT molecular complexity index is 429. The van der Waals surface area contributed by atoms with E-state index in [0.29, 0.717) is 22.6 Å². The van der Waals surface area contributed by atoms with Gasteiger partial charge in [0, 0.05) is 0 Å². The summed E-state index contributed by atoms with van der Waals surface area (Å²) in [7, 11) is 3.03. The molecule has 4 heteroatoms. The van der Waals surface area contributed by atoms with Gasteiger partial charge in [-0.2, -0.15) is 0 Å². The van der Waals surface area contributed by atoms with Crippen LogP contribution in [0.15, 0.2) is 12.1 Å². The second kappa shape index (κ2) is 6.56. The van der Waals surface area contributed by atoms with Crippen LogP contribution in [0.5, 0.6) is 11.5 Å². The molecule has 4 nitrogen and oxygen atoms in total. The molecule has 0 heterocycles. The Morgan fingerprint density at radius 2 is 1.88 bits per heavy atom. The molecule has 0 aromatic heterocycles. The number of rotatable bonds is 4. The summed E-state index contributed by atoms with van der Waals surface area (Å²) in [6.45, 7) is -0.102. The van der Waals surface area contributed by atoms with Gasteiger partial charge >= 0.3 is 0 Å². The van der Waals surface area contributed by atoms with Crippen LogP contribution in [0.1, 0.15) is 17.5 Å². The lowest BCUT2D eigenvalue weighted by molar-refractivity contribution is -0.107. The molecule has 0 saturated carbocycles. The van der Waals surface area contributed by atoms with Gasteiger partial charge in [-0.25, -0.2) is 0 Å². The number of methoxy groups -OCH3 is 2. The van der Waals surface area contributed by atoms with E-state index in [4.69, 9.17) is 14.6 Å². The number of hydrogen-bond donors (Lipinski definition) is 1. The van der Waals surface area contributed by atoms with Crippen molar-refractivity contribution < 1.29 is 19.4 Å². The molecule has 1 rings (SSSR count). The number of aliphatic hydroxyl groups excluding tert-OH is 1. The summed E-state index contributed by atoms with van der Waals surface area (Å²) in [4.78, 5) is 10.2. The molecule has 0 unspecified atom stereocenters. The van der Waals surface area contributed by atoms with Crippen LogP contribution in [0.4, 0.5) is 0 Å². The van der Waals surface area contributed by atoms with E-state index in [1.165, 1.54) is 14.2 Å². The van der Waals surface area contributed by atoms with Crippen LogP contribution in [0.25, 0.3) is 0 Å². The highest BCUT2D eigenvalue weighted by Gasteiger charge is 2.10. The van der Waals surface area contributed by atoms with Crippen LogP contribution in [0.3, 0.4) is 0 Å². The van der Waals surface area contributed by atoms with E-state index in [0.717, 1.165) is 6.29 Å². The molecule has 0 bridgehead atoms. The summed E-state index contributed by atoms with van der Waals surface area (Å²) in [5.74, 6) is 6.56. The van der Waals surface area contributed by atoms with Gasteiger partial charge in [-0.1, -0.05) is 11.8 Å². The van der Waals surface area contributed by atoms with Crippen molar-refractivity contribution in [3.63, 3.8) is 0 Å². The van der Waals surface area contributed by atoms with Crippen LogP contribution in [0, 0.1) is 11.8 Å². The highest BCUT2D eigenvalue weighted by Crippen LogP contribution is 2.29. The molecule has 90 valence electrons. The Kier molecular flexibility index (Phi) is 5.05. The molecule has 0 atom stereocenters. The van der Waals surface area contributed by atoms with Gasteiger partial charge in [-0.05, 0) is 17.7 Å². The minimum absolute atomic E-state index is 0.102. The van der Waals surface area contributed by atoms with Crippen molar-refractivity contribution in [1.29, 1.82) is 0 Å².